The van der Waals surface area contributed by atoms with Gasteiger partial charge in [-0.1, -0.05) is 84.9 Å². The highest BCUT2D eigenvalue weighted by Crippen LogP contribution is 2.36. The van der Waals surface area contributed by atoms with Crippen LogP contribution >= 0.6 is 0 Å². The van der Waals surface area contributed by atoms with Crippen molar-refractivity contribution in [3.63, 3.8) is 0 Å². The van der Waals surface area contributed by atoms with Gasteiger partial charge in [0.2, 0.25) is 0 Å². The zero-order chi connectivity index (χ0) is 20.5. The summed E-state index contributed by atoms with van der Waals surface area (Å²) < 4.78 is 0. The van der Waals surface area contributed by atoms with Crippen molar-refractivity contribution in [1.29, 1.82) is 0 Å². The number of benzene rings is 4. The Morgan fingerprint density at radius 1 is 0.467 bits per heavy atom. The molecule has 0 amide bonds. The molecule has 0 N–H and O–H groups in total. The average Bonchev–Trinajstić information content (AvgIpc) is 2.78. The van der Waals surface area contributed by atoms with Crippen LogP contribution < -0.4 is 0 Å². The lowest BCUT2D eigenvalue weighted by Gasteiger charge is -2.13. The van der Waals surface area contributed by atoms with Crippen molar-refractivity contribution in [3.05, 3.63) is 103 Å². The van der Waals surface area contributed by atoms with Crippen molar-refractivity contribution in [2.45, 2.75) is 13.8 Å². The summed E-state index contributed by atoms with van der Waals surface area (Å²) in [7, 11) is 0. The van der Waals surface area contributed by atoms with Crippen LogP contribution in [-0.4, -0.2) is 15.0 Å². The maximum atomic E-state index is 4.53. The molecule has 0 aliphatic carbocycles. The van der Waals surface area contributed by atoms with Gasteiger partial charge in [0.25, 0.3) is 0 Å². The van der Waals surface area contributed by atoms with Crippen molar-refractivity contribution in [3.8, 4) is 33.6 Å². The second-order valence-corrected chi connectivity index (χ2v) is 7.41. The molecule has 5 aromatic rings. The number of nitrogens with zero attached hydrogens (tertiary/aromatic N) is 3. The molecule has 0 spiro atoms. The zero-order valence-corrected chi connectivity index (χ0v) is 17.0. The first-order valence-electron chi connectivity index (χ1n) is 10.1. The lowest BCUT2D eigenvalue weighted by atomic mass is 9.91. The van der Waals surface area contributed by atoms with E-state index in [2.05, 4.69) is 106 Å². The van der Waals surface area contributed by atoms with Crippen LogP contribution in [0.3, 0.4) is 0 Å². The molecule has 0 bridgehead atoms. The van der Waals surface area contributed by atoms with Crippen LogP contribution in [0.5, 0.6) is 0 Å². The van der Waals surface area contributed by atoms with Crippen LogP contribution in [0.2, 0.25) is 0 Å². The molecule has 0 fully saturated rings. The van der Waals surface area contributed by atoms with Gasteiger partial charge in [-0.3, -0.25) is 0 Å². The lowest BCUT2D eigenvalue weighted by molar-refractivity contribution is 0.928. The first kappa shape index (κ1) is 18.2. The summed E-state index contributed by atoms with van der Waals surface area (Å²) in [5.74, 6) is 2.19. The predicted molar refractivity (Wildman–Crippen MR) is 123 cm³/mol. The standard InChI is InChI=1S/C27H21N3/c1-18-28-19(2)30-27(29-18)22-12-8-11-21(17-22)24-16-15-23(20-9-4-3-5-10-20)25-13-6-7-14-26(24)25/h3-17H,1-2H3. The predicted octanol–water partition coefficient (Wildman–Crippen LogP) is 6.64. The third-order valence-corrected chi connectivity index (χ3v) is 5.30. The van der Waals surface area contributed by atoms with E-state index >= 15 is 0 Å². The molecule has 0 aliphatic rings. The molecule has 1 heterocycles. The summed E-state index contributed by atoms with van der Waals surface area (Å²) in [5.41, 5.74) is 5.82. The smallest absolute Gasteiger partial charge is 0.163 e. The Balaban J connectivity index is 1.68. The SMILES string of the molecule is Cc1nc(C)nc(-c2cccc(-c3ccc(-c4ccccc4)c4ccccc34)c2)n1. The van der Waals surface area contributed by atoms with Gasteiger partial charge in [0, 0.05) is 5.56 Å². The maximum absolute atomic E-state index is 4.53. The van der Waals surface area contributed by atoms with Crippen LogP contribution in [0.15, 0.2) is 91.0 Å². The minimum atomic E-state index is 0.715. The Hall–Kier alpha value is -3.85. The fourth-order valence-corrected chi connectivity index (χ4v) is 3.99. The van der Waals surface area contributed by atoms with E-state index in [1.54, 1.807) is 0 Å². The number of hydrogen-bond acceptors (Lipinski definition) is 3. The van der Waals surface area contributed by atoms with Crippen LogP contribution in [0.4, 0.5) is 0 Å². The van der Waals surface area contributed by atoms with E-state index < -0.39 is 0 Å². The van der Waals surface area contributed by atoms with Gasteiger partial charge in [-0.15, -0.1) is 0 Å². The summed E-state index contributed by atoms with van der Waals surface area (Å²) in [5, 5.41) is 2.48. The van der Waals surface area contributed by atoms with Gasteiger partial charge in [-0.25, -0.2) is 15.0 Å². The molecule has 1 aromatic heterocycles. The van der Waals surface area contributed by atoms with Crippen LogP contribution in [0.1, 0.15) is 11.6 Å². The van der Waals surface area contributed by atoms with Crippen LogP contribution in [-0.2, 0) is 0 Å². The monoisotopic (exact) mass is 387 g/mol. The minimum Gasteiger partial charge on any atom is -0.219 e. The highest BCUT2D eigenvalue weighted by atomic mass is 15.0. The summed E-state index contributed by atoms with van der Waals surface area (Å²) in [6.07, 6.45) is 0. The Kier molecular flexibility index (Phi) is 4.56. The molecular weight excluding hydrogens is 366 g/mol. The molecule has 144 valence electrons. The number of aromatic nitrogens is 3. The molecule has 3 heteroatoms. The summed E-state index contributed by atoms with van der Waals surface area (Å²) in [6.45, 7) is 3.80. The van der Waals surface area contributed by atoms with E-state index in [0.717, 1.165) is 22.8 Å². The number of rotatable bonds is 3. The first-order chi connectivity index (χ1) is 14.7. The second-order valence-electron chi connectivity index (χ2n) is 7.41. The summed E-state index contributed by atoms with van der Waals surface area (Å²) in [4.78, 5) is 13.4. The van der Waals surface area contributed by atoms with E-state index in [4.69, 9.17) is 0 Å². The van der Waals surface area contributed by atoms with Crippen molar-refractivity contribution in [2.24, 2.45) is 0 Å². The van der Waals surface area contributed by atoms with Crippen molar-refractivity contribution < 1.29 is 0 Å². The molecule has 5 rings (SSSR count). The molecule has 0 aliphatic heterocycles. The fourth-order valence-electron chi connectivity index (χ4n) is 3.99. The molecule has 0 saturated carbocycles. The minimum absolute atomic E-state index is 0.715. The Labute approximate surface area is 176 Å². The van der Waals surface area contributed by atoms with Crippen molar-refractivity contribution >= 4 is 10.8 Å². The molecule has 30 heavy (non-hydrogen) atoms. The topological polar surface area (TPSA) is 38.7 Å². The van der Waals surface area contributed by atoms with Crippen LogP contribution in [0, 0.1) is 13.8 Å². The molecule has 0 atom stereocenters. The van der Waals surface area contributed by atoms with E-state index in [1.807, 2.05) is 13.8 Å². The van der Waals surface area contributed by atoms with Gasteiger partial charge < -0.3 is 0 Å². The lowest BCUT2D eigenvalue weighted by Crippen LogP contribution is -1.98. The van der Waals surface area contributed by atoms with E-state index in [1.165, 1.54) is 27.5 Å². The van der Waals surface area contributed by atoms with Gasteiger partial charge >= 0.3 is 0 Å². The molecule has 0 unspecified atom stereocenters. The third-order valence-electron chi connectivity index (χ3n) is 5.30. The second kappa shape index (κ2) is 7.53. The quantitative estimate of drug-likeness (QED) is 0.348. The molecule has 0 saturated heterocycles. The summed E-state index contributed by atoms with van der Waals surface area (Å²) in [6, 6.07) is 32.0. The average molecular weight is 387 g/mol. The summed E-state index contributed by atoms with van der Waals surface area (Å²) >= 11 is 0. The van der Waals surface area contributed by atoms with Crippen molar-refractivity contribution in [2.75, 3.05) is 0 Å². The van der Waals surface area contributed by atoms with E-state index in [-0.39, 0.29) is 0 Å². The highest BCUT2D eigenvalue weighted by molar-refractivity contribution is 6.05. The number of hydrogen-bond donors (Lipinski definition) is 0. The number of fused-ring (bicyclic) bond motifs is 1. The third kappa shape index (κ3) is 3.35. The molecule has 0 radical (unpaired) electrons. The molecule has 4 aromatic carbocycles. The van der Waals surface area contributed by atoms with Gasteiger partial charge in [-0.2, -0.15) is 0 Å². The first-order valence-corrected chi connectivity index (χ1v) is 10.1. The van der Waals surface area contributed by atoms with Crippen molar-refractivity contribution in [1.82, 2.24) is 15.0 Å². The Morgan fingerprint density at radius 3 is 1.67 bits per heavy atom. The number of aryl methyl sites for hydroxylation is 2. The normalized spacial score (nSPS) is 11.0. The van der Waals surface area contributed by atoms with E-state index in [9.17, 15) is 0 Å². The Morgan fingerprint density at radius 2 is 1.00 bits per heavy atom. The van der Waals surface area contributed by atoms with E-state index in [0.29, 0.717) is 5.82 Å². The molecule has 3 nitrogen and oxygen atoms in total. The fraction of sp³-hybridized carbons (Fsp3) is 0.0741. The largest absolute Gasteiger partial charge is 0.219 e. The van der Waals surface area contributed by atoms with Gasteiger partial charge in [0.15, 0.2) is 5.82 Å². The highest BCUT2D eigenvalue weighted by Gasteiger charge is 2.11. The van der Waals surface area contributed by atoms with Crippen LogP contribution in [0.25, 0.3) is 44.4 Å². The van der Waals surface area contributed by atoms with Gasteiger partial charge in [0.05, 0.1) is 0 Å². The maximum Gasteiger partial charge on any atom is 0.163 e. The van der Waals surface area contributed by atoms with Gasteiger partial charge in [0.1, 0.15) is 11.6 Å². The van der Waals surface area contributed by atoms with Gasteiger partial charge in [-0.05, 0) is 52.9 Å². The molecular formula is C27H21N3. The zero-order valence-electron chi connectivity index (χ0n) is 17.0. The Bertz CT molecular complexity index is 1340.